The van der Waals surface area contributed by atoms with E-state index in [1.54, 1.807) is 0 Å². The summed E-state index contributed by atoms with van der Waals surface area (Å²) >= 11 is 0. The van der Waals surface area contributed by atoms with Crippen molar-refractivity contribution in [3.05, 3.63) is 35.9 Å². The van der Waals surface area contributed by atoms with Crippen molar-refractivity contribution in [2.45, 2.75) is 25.2 Å². The minimum absolute atomic E-state index is 0.255. The zero-order valence-electron chi connectivity index (χ0n) is 8.93. The highest BCUT2D eigenvalue weighted by molar-refractivity contribution is 5.77. The number of ether oxygens (including phenoxy) is 1. The number of aliphatic hydroxyl groups excluding tert-OH is 1. The van der Waals surface area contributed by atoms with Crippen LogP contribution in [0.4, 0.5) is 0 Å². The van der Waals surface area contributed by atoms with Gasteiger partial charge in [0.15, 0.2) is 0 Å². The summed E-state index contributed by atoms with van der Waals surface area (Å²) in [7, 11) is 0. The molecule has 1 aliphatic rings. The maximum atomic E-state index is 11.6. The van der Waals surface area contributed by atoms with Crippen LogP contribution in [0.25, 0.3) is 0 Å². The number of esters is 1. The van der Waals surface area contributed by atoms with Gasteiger partial charge in [-0.2, -0.15) is 0 Å². The lowest BCUT2D eigenvalue weighted by Crippen LogP contribution is -2.39. The molecule has 4 nitrogen and oxygen atoms in total. The number of hydrogen-bond acceptors (Lipinski definition) is 4. The molecule has 0 unspecified atom stereocenters. The highest BCUT2D eigenvalue weighted by Gasteiger charge is 2.32. The molecule has 0 radical (unpaired) electrons. The third-order valence-electron chi connectivity index (χ3n) is 2.67. The van der Waals surface area contributed by atoms with Gasteiger partial charge in [-0.1, -0.05) is 30.3 Å². The molecule has 4 heteroatoms. The van der Waals surface area contributed by atoms with Gasteiger partial charge in [-0.3, -0.25) is 4.79 Å². The van der Waals surface area contributed by atoms with Crippen molar-refractivity contribution in [3.63, 3.8) is 0 Å². The van der Waals surface area contributed by atoms with Gasteiger partial charge in [-0.15, -0.1) is 0 Å². The number of carbonyl (C=O) groups excluding carboxylic acids is 1. The number of aliphatic hydroxyl groups is 1. The summed E-state index contributed by atoms with van der Waals surface area (Å²) in [6, 6.07) is 8.92. The zero-order chi connectivity index (χ0) is 11.4. The quantitative estimate of drug-likeness (QED) is 0.728. The van der Waals surface area contributed by atoms with Crippen LogP contribution in [0, 0.1) is 0 Å². The first kappa shape index (κ1) is 11.1. The molecule has 86 valence electrons. The van der Waals surface area contributed by atoms with Crippen LogP contribution in [-0.2, 0) is 16.1 Å². The molecule has 2 N–H and O–H groups in total. The topological polar surface area (TPSA) is 58.6 Å². The molecule has 1 fully saturated rings. The summed E-state index contributed by atoms with van der Waals surface area (Å²) in [5, 5.41) is 12.4. The van der Waals surface area contributed by atoms with Gasteiger partial charge in [0.1, 0.15) is 12.6 Å². The fourth-order valence-corrected chi connectivity index (χ4v) is 1.75. The third kappa shape index (κ3) is 2.59. The van der Waals surface area contributed by atoms with Crippen LogP contribution >= 0.6 is 0 Å². The first-order valence-corrected chi connectivity index (χ1v) is 5.39. The van der Waals surface area contributed by atoms with Gasteiger partial charge in [0, 0.05) is 0 Å². The molecule has 1 heterocycles. The van der Waals surface area contributed by atoms with Gasteiger partial charge in [0.2, 0.25) is 0 Å². The van der Waals surface area contributed by atoms with E-state index in [1.807, 2.05) is 30.3 Å². The van der Waals surface area contributed by atoms with Crippen LogP contribution in [-0.4, -0.2) is 29.8 Å². The molecule has 0 bridgehead atoms. The molecule has 2 rings (SSSR count). The van der Waals surface area contributed by atoms with Crippen molar-refractivity contribution in [1.82, 2.24) is 5.32 Å². The standard InChI is InChI=1S/C12H15NO3/c14-10-6-7-13-11(10)12(15)16-8-9-4-2-1-3-5-9/h1-5,10-11,13-14H,6-8H2/t10-,11+/m1/s1. The lowest BCUT2D eigenvalue weighted by Gasteiger charge is -2.13. The van der Waals surface area contributed by atoms with E-state index in [2.05, 4.69) is 5.32 Å². The Morgan fingerprint density at radius 3 is 2.81 bits per heavy atom. The lowest BCUT2D eigenvalue weighted by molar-refractivity contribution is -0.149. The summed E-state index contributed by atoms with van der Waals surface area (Å²) in [4.78, 5) is 11.6. The molecular formula is C12H15NO3. The molecular weight excluding hydrogens is 206 g/mol. The second-order valence-electron chi connectivity index (χ2n) is 3.88. The minimum atomic E-state index is -0.622. The van der Waals surface area contributed by atoms with E-state index in [1.165, 1.54) is 0 Å². The Morgan fingerprint density at radius 1 is 1.44 bits per heavy atom. The van der Waals surface area contributed by atoms with Gasteiger partial charge in [0.25, 0.3) is 0 Å². The highest BCUT2D eigenvalue weighted by atomic mass is 16.5. The van der Waals surface area contributed by atoms with E-state index in [4.69, 9.17) is 4.74 Å². The van der Waals surface area contributed by atoms with E-state index >= 15 is 0 Å². The number of rotatable bonds is 3. The van der Waals surface area contributed by atoms with Crippen molar-refractivity contribution in [2.24, 2.45) is 0 Å². The van der Waals surface area contributed by atoms with Gasteiger partial charge < -0.3 is 15.2 Å². The molecule has 1 aliphatic heterocycles. The largest absolute Gasteiger partial charge is 0.460 e. The van der Waals surface area contributed by atoms with E-state index in [0.29, 0.717) is 13.0 Å². The minimum Gasteiger partial charge on any atom is -0.460 e. The highest BCUT2D eigenvalue weighted by Crippen LogP contribution is 2.09. The molecule has 0 aromatic heterocycles. The second kappa shape index (κ2) is 5.09. The fourth-order valence-electron chi connectivity index (χ4n) is 1.75. The Hall–Kier alpha value is -1.39. The average molecular weight is 221 g/mol. The Bertz CT molecular complexity index is 353. The zero-order valence-corrected chi connectivity index (χ0v) is 8.93. The molecule has 1 saturated heterocycles. The number of nitrogens with one attached hydrogen (secondary N) is 1. The third-order valence-corrected chi connectivity index (χ3v) is 2.67. The lowest BCUT2D eigenvalue weighted by atomic mass is 10.2. The fraction of sp³-hybridized carbons (Fsp3) is 0.417. The second-order valence-corrected chi connectivity index (χ2v) is 3.88. The van der Waals surface area contributed by atoms with Crippen LogP contribution < -0.4 is 5.32 Å². The average Bonchev–Trinajstić information content (AvgIpc) is 2.74. The van der Waals surface area contributed by atoms with Crippen molar-refractivity contribution >= 4 is 5.97 Å². The molecule has 2 atom stereocenters. The maximum Gasteiger partial charge on any atom is 0.326 e. The molecule has 0 aliphatic carbocycles. The van der Waals surface area contributed by atoms with Crippen LogP contribution in [0.1, 0.15) is 12.0 Å². The van der Waals surface area contributed by atoms with Crippen LogP contribution in [0.15, 0.2) is 30.3 Å². The van der Waals surface area contributed by atoms with E-state index in [9.17, 15) is 9.90 Å². The van der Waals surface area contributed by atoms with Gasteiger partial charge in [-0.05, 0) is 18.5 Å². The molecule has 0 amide bonds. The molecule has 16 heavy (non-hydrogen) atoms. The first-order chi connectivity index (χ1) is 7.77. The van der Waals surface area contributed by atoms with Crippen molar-refractivity contribution in [2.75, 3.05) is 6.54 Å². The van der Waals surface area contributed by atoms with Gasteiger partial charge in [-0.25, -0.2) is 0 Å². The molecule has 1 aromatic rings. The number of hydrogen-bond donors (Lipinski definition) is 2. The van der Waals surface area contributed by atoms with Crippen LogP contribution in [0.5, 0.6) is 0 Å². The monoisotopic (exact) mass is 221 g/mol. The van der Waals surface area contributed by atoms with Crippen molar-refractivity contribution in [3.8, 4) is 0 Å². The smallest absolute Gasteiger partial charge is 0.326 e. The number of benzene rings is 1. The maximum absolute atomic E-state index is 11.6. The molecule has 0 saturated carbocycles. The Labute approximate surface area is 94.2 Å². The van der Waals surface area contributed by atoms with E-state index in [0.717, 1.165) is 5.56 Å². The summed E-state index contributed by atoms with van der Waals surface area (Å²) < 4.78 is 5.12. The predicted molar refractivity (Wildman–Crippen MR) is 58.7 cm³/mol. The Balaban J connectivity index is 1.84. The Morgan fingerprint density at radius 2 is 2.19 bits per heavy atom. The summed E-state index contributed by atoms with van der Waals surface area (Å²) in [6.45, 7) is 0.914. The normalized spacial score (nSPS) is 24.3. The summed E-state index contributed by atoms with van der Waals surface area (Å²) in [6.07, 6.45) is -0.0197. The Kier molecular flexibility index (Phi) is 3.54. The van der Waals surface area contributed by atoms with Gasteiger partial charge >= 0.3 is 5.97 Å². The first-order valence-electron chi connectivity index (χ1n) is 5.39. The molecule has 0 spiro atoms. The molecule has 1 aromatic carbocycles. The SMILES string of the molecule is O=C(OCc1ccccc1)[C@H]1NCC[C@H]1O. The van der Waals surface area contributed by atoms with E-state index < -0.39 is 12.1 Å². The summed E-state index contributed by atoms with van der Waals surface area (Å²) in [5.41, 5.74) is 0.948. The van der Waals surface area contributed by atoms with Gasteiger partial charge in [0.05, 0.1) is 6.10 Å². The van der Waals surface area contributed by atoms with Crippen molar-refractivity contribution in [1.29, 1.82) is 0 Å². The number of carbonyl (C=O) groups is 1. The predicted octanol–water partition coefficient (Wildman–Crippen LogP) is 0.453. The van der Waals surface area contributed by atoms with E-state index in [-0.39, 0.29) is 12.6 Å². The van der Waals surface area contributed by atoms with Crippen molar-refractivity contribution < 1.29 is 14.6 Å². The summed E-state index contributed by atoms with van der Waals surface area (Å²) in [5.74, 6) is -0.381. The van der Waals surface area contributed by atoms with Crippen LogP contribution in [0.3, 0.4) is 0 Å². The van der Waals surface area contributed by atoms with Crippen LogP contribution in [0.2, 0.25) is 0 Å².